The summed E-state index contributed by atoms with van der Waals surface area (Å²) in [6.45, 7) is 5.01. The van der Waals surface area contributed by atoms with Gasteiger partial charge in [-0.05, 0) is 31.2 Å². The van der Waals surface area contributed by atoms with Crippen molar-refractivity contribution in [1.82, 2.24) is 9.29 Å². The lowest BCUT2D eigenvalue weighted by Crippen LogP contribution is -2.31. The summed E-state index contributed by atoms with van der Waals surface area (Å²) in [5, 5.41) is 0.699. The van der Waals surface area contributed by atoms with Crippen molar-refractivity contribution in [3.05, 3.63) is 65.6 Å². The zero-order valence-corrected chi connectivity index (χ0v) is 18.2. The van der Waals surface area contributed by atoms with Gasteiger partial charge in [0.25, 0.3) is 0 Å². The number of aromatic amines is 1. The second-order valence-electron chi connectivity index (χ2n) is 6.89. The van der Waals surface area contributed by atoms with Crippen LogP contribution in [-0.4, -0.2) is 48.7 Å². The molecule has 0 aliphatic rings. The average Bonchev–Trinajstić information content (AvgIpc) is 3.18. The molecule has 3 aromatic rings. The van der Waals surface area contributed by atoms with Crippen molar-refractivity contribution in [1.29, 1.82) is 0 Å². The van der Waals surface area contributed by atoms with Gasteiger partial charge >= 0.3 is 5.97 Å². The minimum absolute atomic E-state index is 0.156. The maximum atomic E-state index is 14.3. The number of para-hydroxylation sites is 1. The molecule has 9 heteroatoms. The van der Waals surface area contributed by atoms with E-state index >= 15 is 0 Å². The summed E-state index contributed by atoms with van der Waals surface area (Å²) in [6.07, 6.45) is 0.420. The van der Waals surface area contributed by atoms with Gasteiger partial charge in [0.2, 0.25) is 15.8 Å². The van der Waals surface area contributed by atoms with Crippen LogP contribution in [0.5, 0.6) is 0 Å². The Labute approximate surface area is 179 Å². The van der Waals surface area contributed by atoms with Gasteiger partial charge in [-0.1, -0.05) is 32.0 Å². The quantitative estimate of drug-likeness (QED) is 0.420. The van der Waals surface area contributed by atoms with Gasteiger partial charge in [-0.2, -0.15) is 4.31 Å². The Bertz CT molecular complexity index is 1230. The Hall–Kier alpha value is -3.04. The van der Waals surface area contributed by atoms with Gasteiger partial charge in [-0.15, -0.1) is 0 Å². The highest BCUT2D eigenvalue weighted by atomic mass is 32.2. The van der Waals surface area contributed by atoms with Gasteiger partial charge in [0.1, 0.15) is 10.7 Å². The second kappa shape index (κ2) is 8.99. The maximum absolute atomic E-state index is 14.3. The number of rotatable bonds is 8. The number of ether oxygens (including phenoxy) is 1. The molecule has 164 valence electrons. The molecule has 0 spiro atoms. The second-order valence-corrected chi connectivity index (χ2v) is 8.80. The van der Waals surface area contributed by atoms with Crippen molar-refractivity contribution in [2.75, 3.05) is 13.1 Å². The third-order valence-electron chi connectivity index (χ3n) is 5.00. The molecule has 31 heavy (non-hydrogen) atoms. The van der Waals surface area contributed by atoms with Crippen LogP contribution in [0.25, 0.3) is 10.9 Å². The number of carbonyl (C=O) groups excluding carboxylic acids is 2. The number of Topliss-reactive ketones (excluding diaryl/α,β-unsaturated/α-hetero) is 1. The van der Waals surface area contributed by atoms with Crippen molar-refractivity contribution in [3.63, 3.8) is 0 Å². The number of fused-ring (bicyclic) bond motifs is 1. The van der Waals surface area contributed by atoms with E-state index in [0.717, 1.165) is 28.0 Å². The zero-order chi connectivity index (χ0) is 22.8. The molecule has 3 rings (SSSR count). The largest absolute Gasteiger partial charge is 0.451 e. The number of nitrogens with zero attached hydrogens (tertiary/aromatic N) is 1. The first-order valence-corrected chi connectivity index (χ1v) is 11.3. The molecule has 0 saturated heterocycles. The van der Waals surface area contributed by atoms with Gasteiger partial charge in [0.15, 0.2) is 6.10 Å². The van der Waals surface area contributed by atoms with Crippen molar-refractivity contribution in [2.24, 2.45) is 0 Å². The van der Waals surface area contributed by atoms with Crippen LogP contribution >= 0.6 is 0 Å². The van der Waals surface area contributed by atoms with Crippen LogP contribution in [0.3, 0.4) is 0 Å². The van der Waals surface area contributed by atoms with Gasteiger partial charge in [-0.25, -0.2) is 17.6 Å². The Morgan fingerprint density at radius 1 is 1.13 bits per heavy atom. The van der Waals surface area contributed by atoms with Crippen LogP contribution in [0, 0.1) is 5.82 Å². The van der Waals surface area contributed by atoms with E-state index in [1.165, 1.54) is 6.92 Å². The lowest BCUT2D eigenvalue weighted by molar-refractivity contribution is 0.0319. The smallest absolute Gasteiger partial charge is 0.338 e. The molecule has 0 aliphatic heterocycles. The number of esters is 1. The summed E-state index contributed by atoms with van der Waals surface area (Å²) in [5.74, 6) is -2.30. The number of hydrogen-bond donors (Lipinski definition) is 1. The standard InChI is InChI=1S/C22H23FN2O5S/c1-4-25(5-2)31(28,29)20-12-15(10-11-18(20)23)22(27)30-14(3)21(26)17-13-24-19-9-7-6-8-16(17)19/h6-14,24H,4-5H2,1-3H3/t14-/m1/s1. The number of hydrogen-bond acceptors (Lipinski definition) is 5. The molecule has 0 amide bonds. The number of nitrogens with one attached hydrogen (secondary N) is 1. The molecular weight excluding hydrogens is 423 g/mol. The Morgan fingerprint density at radius 3 is 2.48 bits per heavy atom. The summed E-state index contributed by atoms with van der Waals surface area (Å²) in [4.78, 5) is 27.7. The molecule has 1 atom stereocenters. The molecule has 2 aromatic carbocycles. The van der Waals surface area contributed by atoms with Crippen LogP contribution < -0.4 is 0 Å². The summed E-state index contributed by atoms with van der Waals surface area (Å²) < 4.78 is 46.0. The van der Waals surface area contributed by atoms with Crippen molar-refractivity contribution >= 4 is 32.7 Å². The monoisotopic (exact) mass is 446 g/mol. The number of ketones is 1. The summed E-state index contributed by atoms with van der Waals surface area (Å²) >= 11 is 0. The molecular formula is C22H23FN2O5S. The molecule has 0 radical (unpaired) electrons. The number of carbonyl (C=O) groups is 2. The summed E-state index contributed by atoms with van der Waals surface area (Å²) in [6, 6.07) is 10.2. The number of halogens is 1. The van der Waals surface area contributed by atoms with E-state index in [9.17, 15) is 22.4 Å². The zero-order valence-electron chi connectivity index (χ0n) is 17.4. The van der Waals surface area contributed by atoms with Crippen LogP contribution in [-0.2, 0) is 14.8 Å². The number of H-pyrrole nitrogens is 1. The molecule has 0 saturated carbocycles. The van der Waals surface area contributed by atoms with E-state index in [0.29, 0.717) is 10.9 Å². The molecule has 1 heterocycles. The van der Waals surface area contributed by atoms with E-state index in [1.54, 1.807) is 32.2 Å². The number of sulfonamides is 1. The van der Waals surface area contributed by atoms with E-state index < -0.39 is 38.6 Å². The highest BCUT2D eigenvalue weighted by Gasteiger charge is 2.28. The van der Waals surface area contributed by atoms with Gasteiger partial charge in [-0.3, -0.25) is 4.79 Å². The first-order chi connectivity index (χ1) is 14.7. The van der Waals surface area contributed by atoms with E-state index in [1.807, 2.05) is 12.1 Å². The highest BCUT2D eigenvalue weighted by molar-refractivity contribution is 7.89. The lowest BCUT2D eigenvalue weighted by atomic mass is 10.1. The first-order valence-electron chi connectivity index (χ1n) is 9.81. The average molecular weight is 447 g/mol. The fraction of sp³-hybridized carbons (Fsp3) is 0.273. The minimum Gasteiger partial charge on any atom is -0.451 e. The topological polar surface area (TPSA) is 96.5 Å². The van der Waals surface area contributed by atoms with Crippen molar-refractivity contribution in [3.8, 4) is 0 Å². The van der Waals surface area contributed by atoms with Gasteiger partial charge in [0, 0.05) is 35.8 Å². The Morgan fingerprint density at radius 2 is 1.81 bits per heavy atom. The predicted octanol–water partition coefficient (Wildman–Crippen LogP) is 3.77. The molecule has 7 nitrogen and oxygen atoms in total. The Kier molecular flexibility index (Phi) is 6.56. The SMILES string of the molecule is CCN(CC)S(=O)(=O)c1cc(C(=O)O[C@H](C)C(=O)c2c[nH]c3ccccc23)ccc1F. The fourth-order valence-corrected chi connectivity index (χ4v) is 4.86. The highest BCUT2D eigenvalue weighted by Crippen LogP contribution is 2.23. The van der Waals surface area contributed by atoms with Crippen molar-refractivity contribution < 1.29 is 27.1 Å². The molecule has 0 bridgehead atoms. The van der Waals surface area contributed by atoms with E-state index in [-0.39, 0.29) is 18.7 Å². The molecule has 0 unspecified atom stereocenters. The Balaban J connectivity index is 1.84. The summed E-state index contributed by atoms with van der Waals surface area (Å²) in [7, 11) is -4.11. The van der Waals surface area contributed by atoms with E-state index in [2.05, 4.69) is 4.98 Å². The van der Waals surface area contributed by atoms with Gasteiger partial charge < -0.3 is 9.72 Å². The third-order valence-corrected chi connectivity index (χ3v) is 7.06. The number of benzene rings is 2. The molecule has 1 aromatic heterocycles. The molecule has 1 N–H and O–H groups in total. The number of aromatic nitrogens is 1. The van der Waals surface area contributed by atoms with Crippen LogP contribution in [0.1, 0.15) is 41.5 Å². The van der Waals surface area contributed by atoms with E-state index in [4.69, 9.17) is 4.74 Å². The first kappa shape index (κ1) is 22.6. The van der Waals surface area contributed by atoms with Crippen LogP contribution in [0.15, 0.2) is 53.6 Å². The molecule has 0 aliphatic carbocycles. The normalized spacial score (nSPS) is 12.8. The van der Waals surface area contributed by atoms with Crippen LogP contribution in [0.2, 0.25) is 0 Å². The minimum atomic E-state index is -4.11. The van der Waals surface area contributed by atoms with Crippen molar-refractivity contribution in [2.45, 2.75) is 31.8 Å². The van der Waals surface area contributed by atoms with Crippen LogP contribution in [0.4, 0.5) is 4.39 Å². The lowest BCUT2D eigenvalue weighted by Gasteiger charge is -2.19. The van der Waals surface area contributed by atoms with Gasteiger partial charge in [0.05, 0.1) is 5.56 Å². The maximum Gasteiger partial charge on any atom is 0.338 e. The predicted molar refractivity (Wildman–Crippen MR) is 114 cm³/mol. The fourth-order valence-electron chi connectivity index (χ4n) is 3.31. The third kappa shape index (κ3) is 4.38. The summed E-state index contributed by atoms with van der Waals surface area (Å²) in [5.41, 5.74) is 0.986. The molecule has 0 fully saturated rings.